The summed E-state index contributed by atoms with van der Waals surface area (Å²) in [5.41, 5.74) is 7.02. The first-order valence-electron chi connectivity index (χ1n) is 9.12. The Labute approximate surface area is 160 Å². The largest absolute Gasteiger partial charge is 0.356 e. The van der Waals surface area contributed by atoms with Crippen molar-refractivity contribution in [1.82, 2.24) is 0 Å². The van der Waals surface area contributed by atoms with Crippen LogP contribution in [0.15, 0.2) is 109 Å². The summed E-state index contributed by atoms with van der Waals surface area (Å²) in [7, 11) is 0. The van der Waals surface area contributed by atoms with Crippen LogP contribution in [0, 0.1) is 0 Å². The first-order valence-corrected chi connectivity index (χ1v) is 9.12. The summed E-state index contributed by atoms with van der Waals surface area (Å²) >= 11 is 0. The Kier molecular flexibility index (Phi) is 5.12. The van der Waals surface area contributed by atoms with Gasteiger partial charge in [0.05, 0.1) is 0 Å². The van der Waals surface area contributed by atoms with E-state index in [1.807, 2.05) is 12.1 Å². The molecule has 0 bridgehead atoms. The molecule has 0 fully saturated rings. The number of anilines is 2. The van der Waals surface area contributed by atoms with Gasteiger partial charge in [0.1, 0.15) is 0 Å². The van der Waals surface area contributed by atoms with E-state index < -0.39 is 0 Å². The standard InChI is InChI=1S/C26H21N/c1-3-7-21(8-4-1)11-12-22-13-17-25(18-14-22)27-26-19-15-24(16-20-26)23-9-5-2-6-10-23/h1-20,27H. The molecule has 0 saturated carbocycles. The van der Waals surface area contributed by atoms with Gasteiger partial charge in [-0.3, -0.25) is 0 Å². The molecule has 0 aliphatic rings. The van der Waals surface area contributed by atoms with E-state index >= 15 is 0 Å². The molecule has 0 aromatic heterocycles. The predicted octanol–water partition coefficient (Wildman–Crippen LogP) is 7.27. The fourth-order valence-corrected chi connectivity index (χ4v) is 2.98. The highest BCUT2D eigenvalue weighted by Gasteiger charge is 1.98. The van der Waals surface area contributed by atoms with E-state index in [2.05, 4.69) is 115 Å². The van der Waals surface area contributed by atoms with Gasteiger partial charge in [0.2, 0.25) is 0 Å². The molecule has 130 valence electrons. The van der Waals surface area contributed by atoms with Crippen LogP contribution in [0.25, 0.3) is 23.3 Å². The fourth-order valence-electron chi connectivity index (χ4n) is 2.98. The second-order valence-electron chi connectivity index (χ2n) is 6.43. The molecule has 0 atom stereocenters. The minimum Gasteiger partial charge on any atom is -0.356 e. The Balaban J connectivity index is 1.42. The average molecular weight is 347 g/mol. The summed E-state index contributed by atoms with van der Waals surface area (Å²) in [5.74, 6) is 0. The SMILES string of the molecule is C(=Cc1ccc(Nc2ccc(-c3ccccc3)cc2)cc1)c1ccccc1. The van der Waals surface area contributed by atoms with Gasteiger partial charge < -0.3 is 5.32 Å². The molecule has 1 N–H and O–H groups in total. The molecule has 0 heterocycles. The third-order valence-corrected chi connectivity index (χ3v) is 4.46. The van der Waals surface area contributed by atoms with Gasteiger partial charge in [-0.25, -0.2) is 0 Å². The Bertz CT molecular complexity index is 999. The maximum absolute atomic E-state index is 3.46. The minimum absolute atomic E-state index is 1.08. The van der Waals surface area contributed by atoms with Crippen LogP contribution in [0.3, 0.4) is 0 Å². The van der Waals surface area contributed by atoms with Crippen LogP contribution in [0.4, 0.5) is 11.4 Å². The summed E-state index contributed by atoms with van der Waals surface area (Å²) in [6.07, 6.45) is 4.26. The molecule has 0 aliphatic carbocycles. The normalized spacial score (nSPS) is 10.8. The van der Waals surface area contributed by atoms with Gasteiger partial charge in [0.25, 0.3) is 0 Å². The Morgan fingerprint density at radius 1 is 0.407 bits per heavy atom. The molecule has 0 radical (unpaired) electrons. The number of benzene rings is 4. The molecule has 0 spiro atoms. The van der Waals surface area contributed by atoms with Crippen molar-refractivity contribution in [3.8, 4) is 11.1 Å². The van der Waals surface area contributed by atoms with Crippen LogP contribution >= 0.6 is 0 Å². The number of hydrogen-bond acceptors (Lipinski definition) is 1. The van der Waals surface area contributed by atoms with Crippen molar-refractivity contribution in [3.63, 3.8) is 0 Å². The summed E-state index contributed by atoms with van der Waals surface area (Å²) in [5, 5.41) is 3.46. The second-order valence-corrected chi connectivity index (χ2v) is 6.43. The zero-order chi connectivity index (χ0) is 18.3. The third-order valence-electron chi connectivity index (χ3n) is 4.46. The van der Waals surface area contributed by atoms with E-state index in [9.17, 15) is 0 Å². The van der Waals surface area contributed by atoms with Crippen LogP contribution in [0.1, 0.15) is 11.1 Å². The monoisotopic (exact) mass is 347 g/mol. The van der Waals surface area contributed by atoms with Gasteiger partial charge in [-0.05, 0) is 46.5 Å². The average Bonchev–Trinajstić information content (AvgIpc) is 2.75. The van der Waals surface area contributed by atoms with Gasteiger partial charge in [0.15, 0.2) is 0 Å². The van der Waals surface area contributed by atoms with Crippen LogP contribution in [0.2, 0.25) is 0 Å². The van der Waals surface area contributed by atoms with Gasteiger partial charge in [-0.15, -0.1) is 0 Å². The van der Waals surface area contributed by atoms with Crippen molar-refractivity contribution < 1.29 is 0 Å². The van der Waals surface area contributed by atoms with Crippen LogP contribution in [-0.2, 0) is 0 Å². The van der Waals surface area contributed by atoms with Crippen molar-refractivity contribution in [2.75, 3.05) is 5.32 Å². The number of hydrogen-bond donors (Lipinski definition) is 1. The first kappa shape index (κ1) is 16.9. The van der Waals surface area contributed by atoms with E-state index in [4.69, 9.17) is 0 Å². The highest BCUT2D eigenvalue weighted by molar-refractivity contribution is 5.72. The lowest BCUT2D eigenvalue weighted by atomic mass is 10.1. The first-order chi connectivity index (χ1) is 13.4. The molecular formula is C26H21N. The van der Waals surface area contributed by atoms with Crippen molar-refractivity contribution >= 4 is 23.5 Å². The summed E-state index contributed by atoms with van der Waals surface area (Å²) < 4.78 is 0. The van der Waals surface area contributed by atoms with Crippen molar-refractivity contribution in [3.05, 3.63) is 120 Å². The summed E-state index contributed by atoms with van der Waals surface area (Å²) in [4.78, 5) is 0. The maximum Gasteiger partial charge on any atom is 0.0384 e. The summed E-state index contributed by atoms with van der Waals surface area (Å²) in [6.45, 7) is 0. The quantitative estimate of drug-likeness (QED) is 0.374. The topological polar surface area (TPSA) is 12.0 Å². The van der Waals surface area contributed by atoms with E-state index in [1.54, 1.807) is 0 Å². The van der Waals surface area contributed by atoms with Gasteiger partial charge >= 0.3 is 0 Å². The molecular weight excluding hydrogens is 326 g/mol. The van der Waals surface area contributed by atoms with Crippen LogP contribution < -0.4 is 5.32 Å². The lowest BCUT2D eigenvalue weighted by Crippen LogP contribution is -1.90. The molecule has 4 aromatic carbocycles. The Morgan fingerprint density at radius 2 is 0.852 bits per heavy atom. The van der Waals surface area contributed by atoms with E-state index in [1.165, 1.54) is 22.3 Å². The van der Waals surface area contributed by atoms with E-state index in [-0.39, 0.29) is 0 Å². The number of rotatable bonds is 5. The molecule has 4 rings (SSSR count). The molecule has 1 nitrogen and oxygen atoms in total. The lowest BCUT2D eigenvalue weighted by molar-refractivity contribution is 1.53. The van der Waals surface area contributed by atoms with Gasteiger partial charge in [0, 0.05) is 11.4 Å². The third kappa shape index (κ3) is 4.53. The van der Waals surface area contributed by atoms with E-state index in [0.29, 0.717) is 0 Å². The second kappa shape index (κ2) is 8.20. The molecule has 4 aromatic rings. The highest BCUT2D eigenvalue weighted by Crippen LogP contribution is 2.23. The minimum atomic E-state index is 1.08. The lowest BCUT2D eigenvalue weighted by Gasteiger charge is -2.08. The number of nitrogens with one attached hydrogen (secondary N) is 1. The molecule has 0 unspecified atom stereocenters. The molecule has 1 heteroatoms. The van der Waals surface area contributed by atoms with Crippen molar-refractivity contribution in [2.24, 2.45) is 0 Å². The zero-order valence-electron chi connectivity index (χ0n) is 15.0. The summed E-state index contributed by atoms with van der Waals surface area (Å²) in [6, 6.07) is 37.8. The molecule has 0 aliphatic heterocycles. The van der Waals surface area contributed by atoms with Crippen LogP contribution in [0.5, 0.6) is 0 Å². The fraction of sp³-hybridized carbons (Fsp3) is 0. The van der Waals surface area contributed by atoms with Crippen molar-refractivity contribution in [1.29, 1.82) is 0 Å². The van der Waals surface area contributed by atoms with Crippen molar-refractivity contribution in [2.45, 2.75) is 0 Å². The predicted molar refractivity (Wildman–Crippen MR) is 117 cm³/mol. The van der Waals surface area contributed by atoms with Gasteiger partial charge in [-0.2, -0.15) is 0 Å². The molecule has 0 saturated heterocycles. The van der Waals surface area contributed by atoms with Crippen LogP contribution in [-0.4, -0.2) is 0 Å². The highest BCUT2D eigenvalue weighted by atomic mass is 14.9. The molecule has 27 heavy (non-hydrogen) atoms. The maximum atomic E-state index is 3.46. The van der Waals surface area contributed by atoms with E-state index in [0.717, 1.165) is 11.4 Å². The Hall–Kier alpha value is -3.58. The smallest absolute Gasteiger partial charge is 0.0384 e. The zero-order valence-corrected chi connectivity index (χ0v) is 15.0. The molecule has 0 amide bonds. The Morgan fingerprint density at radius 3 is 1.44 bits per heavy atom. The van der Waals surface area contributed by atoms with Gasteiger partial charge in [-0.1, -0.05) is 97.1 Å².